The van der Waals surface area contributed by atoms with Crippen molar-refractivity contribution >= 4 is 28.1 Å². The normalized spacial score (nSPS) is 10.7. The molecule has 0 atom stereocenters. The van der Waals surface area contributed by atoms with Crippen LogP contribution in [-0.2, 0) is 11.2 Å². The molecule has 2 rings (SSSR count). The molecule has 0 saturated heterocycles. The van der Waals surface area contributed by atoms with Gasteiger partial charge in [-0.05, 0) is 45.8 Å². The fourth-order valence-electron chi connectivity index (χ4n) is 1.91. The van der Waals surface area contributed by atoms with Crippen molar-refractivity contribution in [1.82, 2.24) is 5.43 Å². The number of hydrazone groups is 1. The Kier molecular flexibility index (Phi) is 5.59. The molecule has 0 aromatic heterocycles. The summed E-state index contributed by atoms with van der Waals surface area (Å²) in [6, 6.07) is 9.74. The Morgan fingerprint density at radius 3 is 2.83 bits per heavy atom. The topological polar surface area (TPSA) is 91.2 Å². The van der Waals surface area contributed by atoms with Gasteiger partial charge in [-0.1, -0.05) is 12.1 Å². The van der Waals surface area contributed by atoms with E-state index in [1.165, 1.54) is 25.5 Å². The van der Waals surface area contributed by atoms with Crippen molar-refractivity contribution in [3.8, 4) is 17.2 Å². The second kappa shape index (κ2) is 7.64. The summed E-state index contributed by atoms with van der Waals surface area (Å²) in [5.41, 5.74) is 3.43. The van der Waals surface area contributed by atoms with Crippen LogP contribution in [0.1, 0.15) is 11.1 Å². The van der Waals surface area contributed by atoms with Gasteiger partial charge in [0, 0.05) is 4.47 Å². The first-order chi connectivity index (χ1) is 11.0. The Morgan fingerprint density at radius 2 is 2.13 bits per heavy atom. The molecule has 0 aliphatic carbocycles. The van der Waals surface area contributed by atoms with Crippen molar-refractivity contribution in [2.24, 2.45) is 5.10 Å². The molecule has 0 fully saturated rings. The van der Waals surface area contributed by atoms with Crippen molar-refractivity contribution < 1.29 is 19.7 Å². The van der Waals surface area contributed by atoms with Crippen molar-refractivity contribution in [3.63, 3.8) is 0 Å². The van der Waals surface area contributed by atoms with Crippen LogP contribution in [0, 0.1) is 0 Å². The highest BCUT2D eigenvalue weighted by Crippen LogP contribution is 2.33. The standard InChI is InChI=1S/C16H15BrN2O4/c1-23-14-6-5-13(17)12(16(14)22)9-18-19-15(21)8-10-3-2-4-11(20)7-10/h2-7,9,20,22H,8H2,1H3,(H,19,21). The molecule has 0 saturated carbocycles. The molecule has 23 heavy (non-hydrogen) atoms. The molecule has 120 valence electrons. The molecule has 0 unspecified atom stereocenters. The van der Waals surface area contributed by atoms with Crippen LogP contribution in [0.25, 0.3) is 0 Å². The lowest BCUT2D eigenvalue weighted by Gasteiger charge is -2.07. The number of rotatable bonds is 5. The smallest absolute Gasteiger partial charge is 0.244 e. The molecule has 0 spiro atoms. The zero-order chi connectivity index (χ0) is 16.8. The van der Waals surface area contributed by atoms with Gasteiger partial charge in [-0.2, -0.15) is 5.10 Å². The number of ether oxygens (including phenoxy) is 1. The fraction of sp³-hybridized carbons (Fsp3) is 0.125. The number of carbonyl (C=O) groups is 1. The van der Waals surface area contributed by atoms with Gasteiger partial charge in [0.2, 0.25) is 5.91 Å². The van der Waals surface area contributed by atoms with Gasteiger partial charge < -0.3 is 14.9 Å². The number of benzene rings is 2. The maximum absolute atomic E-state index is 11.8. The summed E-state index contributed by atoms with van der Waals surface area (Å²) in [6.45, 7) is 0. The largest absolute Gasteiger partial charge is 0.508 e. The molecule has 0 aliphatic heterocycles. The number of amides is 1. The predicted octanol–water partition coefficient (Wildman–Crippen LogP) is 2.56. The van der Waals surface area contributed by atoms with Gasteiger partial charge in [0.15, 0.2) is 11.5 Å². The first-order valence-corrected chi connectivity index (χ1v) is 7.46. The molecule has 0 bridgehead atoms. The molecule has 3 N–H and O–H groups in total. The minimum Gasteiger partial charge on any atom is -0.508 e. The highest BCUT2D eigenvalue weighted by Gasteiger charge is 2.10. The van der Waals surface area contributed by atoms with E-state index in [1.54, 1.807) is 24.3 Å². The number of hydrogen-bond donors (Lipinski definition) is 3. The van der Waals surface area contributed by atoms with E-state index in [2.05, 4.69) is 26.5 Å². The van der Waals surface area contributed by atoms with E-state index < -0.39 is 0 Å². The Morgan fingerprint density at radius 1 is 1.35 bits per heavy atom. The summed E-state index contributed by atoms with van der Waals surface area (Å²) in [5.74, 6) is -0.0111. The van der Waals surface area contributed by atoms with Crippen LogP contribution in [0.2, 0.25) is 0 Å². The Balaban J connectivity index is 2.03. The Hall–Kier alpha value is -2.54. The van der Waals surface area contributed by atoms with Crippen LogP contribution in [0.3, 0.4) is 0 Å². The van der Waals surface area contributed by atoms with E-state index in [9.17, 15) is 15.0 Å². The minimum atomic E-state index is -0.342. The molecular weight excluding hydrogens is 364 g/mol. The van der Waals surface area contributed by atoms with E-state index in [-0.39, 0.29) is 23.8 Å². The Bertz CT molecular complexity index is 747. The molecule has 6 nitrogen and oxygen atoms in total. The maximum Gasteiger partial charge on any atom is 0.244 e. The summed E-state index contributed by atoms with van der Waals surface area (Å²) in [7, 11) is 1.45. The predicted molar refractivity (Wildman–Crippen MR) is 89.9 cm³/mol. The molecule has 7 heteroatoms. The maximum atomic E-state index is 11.8. The second-order valence-electron chi connectivity index (χ2n) is 4.65. The first kappa shape index (κ1) is 16.8. The van der Waals surface area contributed by atoms with Crippen LogP contribution in [0.15, 0.2) is 46.0 Å². The second-order valence-corrected chi connectivity index (χ2v) is 5.51. The summed E-state index contributed by atoms with van der Waals surface area (Å²) >= 11 is 3.29. The molecular formula is C16H15BrN2O4. The van der Waals surface area contributed by atoms with E-state index in [4.69, 9.17) is 4.74 Å². The van der Waals surface area contributed by atoms with Crippen LogP contribution in [0.4, 0.5) is 0 Å². The third-order valence-corrected chi connectivity index (χ3v) is 3.70. The van der Waals surface area contributed by atoms with Crippen molar-refractivity contribution in [2.75, 3.05) is 7.11 Å². The highest BCUT2D eigenvalue weighted by molar-refractivity contribution is 9.10. The highest BCUT2D eigenvalue weighted by atomic mass is 79.9. The molecule has 0 heterocycles. The molecule has 2 aromatic rings. The van der Waals surface area contributed by atoms with Crippen molar-refractivity contribution in [1.29, 1.82) is 0 Å². The third kappa shape index (κ3) is 4.46. The van der Waals surface area contributed by atoms with E-state index >= 15 is 0 Å². The van der Waals surface area contributed by atoms with Gasteiger partial charge in [0.05, 0.1) is 25.3 Å². The van der Waals surface area contributed by atoms with Crippen LogP contribution in [-0.4, -0.2) is 29.4 Å². The summed E-state index contributed by atoms with van der Waals surface area (Å²) in [4.78, 5) is 11.8. The zero-order valence-electron chi connectivity index (χ0n) is 12.3. The van der Waals surface area contributed by atoms with Gasteiger partial charge in [0.1, 0.15) is 5.75 Å². The number of aromatic hydroxyl groups is 2. The zero-order valence-corrected chi connectivity index (χ0v) is 13.9. The third-order valence-electron chi connectivity index (χ3n) is 3.00. The lowest BCUT2D eigenvalue weighted by Crippen LogP contribution is -2.19. The van der Waals surface area contributed by atoms with E-state index in [0.29, 0.717) is 21.3 Å². The lowest BCUT2D eigenvalue weighted by molar-refractivity contribution is -0.120. The quantitative estimate of drug-likeness (QED) is 0.550. The average molecular weight is 379 g/mol. The van der Waals surface area contributed by atoms with Crippen molar-refractivity contribution in [3.05, 3.63) is 52.0 Å². The van der Waals surface area contributed by atoms with E-state index in [0.717, 1.165) is 0 Å². The summed E-state index contributed by atoms with van der Waals surface area (Å²) in [5, 5.41) is 23.2. The number of carbonyl (C=O) groups excluding carboxylic acids is 1. The summed E-state index contributed by atoms with van der Waals surface area (Å²) in [6.07, 6.45) is 1.40. The van der Waals surface area contributed by atoms with Gasteiger partial charge in [-0.3, -0.25) is 4.79 Å². The monoisotopic (exact) mass is 378 g/mol. The van der Waals surface area contributed by atoms with Crippen LogP contribution < -0.4 is 10.2 Å². The van der Waals surface area contributed by atoms with Crippen LogP contribution in [0.5, 0.6) is 17.2 Å². The number of nitrogens with zero attached hydrogens (tertiary/aromatic N) is 1. The molecule has 0 radical (unpaired) electrons. The number of phenols is 2. The van der Waals surface area contributed by atoms with Gasteiger partial charge >= 0.3 is 0 Å². The summed E-state index contributed by atoms with van der Waals surface area (Å²) < 4.78 is 5.63. The number of phenolic OH excluding ortho intramolecular Hbond substituents is 2. The number of methoxy groups -OCH3 is 1. The SMILES string of the molecule is COc1ccc(Br)c(C=NNC(=O)Cc2cccc(O)c2)c1O. The van der Waals surface area contributed by atoms with E-state index in [1.807, 2.05) is 0 Å². The van der Waals surface area contributed by atoms with Gasteiger partial charge in [0.25, 0.3) is 0 Å². The first-order valence-electron chi connectivity index (χ1n) is 6.66. The van der Waals surface area contributed by atoms with Crippen LogP contribution >= 0.6 is 15.9 Å². The minimum absolute atomic E-state index is 0.0761. The molecule has 2 aromatic carbocycles. The number of halogens is 1. The number of hydrogen-bond acceptors (Lipinski definition) is 5. The average Bonchev–Trinajstić information content (AvgIpc) is 2.50. The number of nitrogens with one attached hydrogen (secondary N) is 1. The van der Waals surface area contributed by atoms with Gasteiger partial charge in [-0.15, -0.1) is 0 Å². The van der Waals surface area contributed by atoms with Crippen molar-refractivity contribution in [2.45, 2.75) is 6.42 Å². The lowest BCUT2D eigenvalue weighted by atomic mass is 10.1. The molecule has 1 amide bonds. The van der Waals surface area contributed by atoms with Gasteiger partial charge in [-0.25, -0.2) is 5.43 Å². The molecule has 0 aliphatic rings. The fourth-order valence-corrected chi connectivity index (χ4v) is 2.33. The Labute approximate surface area is 141 Å².